The molecule has 2 saturated heterocycles. The number of morpholine rings is 1. The molecule has 0 unspecified atom stereocenters. The summed E-state index contributed by atoms with van der Waals surface area (Å²) >= 11 is 0. The van der Waals surface area contributed by atoms with Gasteiger partial charge in [-0.1, -0.05) is 0 Å². The maximum Gasteiger partial charge on any atom is 0.320 e. The Balaban J connectivity index is 1.85. The Labute approximate surface area is 84.8 Å². The molecule has 4 nitrogen and oxygen atoms in total. The topological polar surface area (TPSA) is 32.8 Å². The number of rotatable bonds is 0. The van der Waals surface area contributed by atoms with Gasteiger partial charge in [0.15, 0.2) is 0 Å². The molecule has 2 fully saturated rings. The molecular formula is C10H17N2O2. The van der Waals surface area contributed by atoms with Gasteiger partial charge < -0.3 is 14.5 Å². The van der Waals surface area contributed by atoms with Crippen LogP contribution in [0.25, 0.3) is 0 Å². The lowest BCUT2D eigenvalue weighted by molar-refractivity contribution is 0.0443. The lowest BCUT2D eigenvalue weighted by atomic mass is 10.1. The van der Waals surface area contributed by atoms with Crippen molar-refractivity contribution < 1.29 is 9.53 Å². The van der Waals surface area contributed by atoms with Crippen LogP contribution in [0.4, 0.5) is 4.79 Å². The third-order valence-corrected chi connectivity index (χ3v) is 2.73. The summed E-state index contributed by atoms with van der Waals surface area (Å²) in [4.78, 5) is 15.7. The van der Waals surface area contributed by atoms with Crippen LogP contribution in [-0.4, -0.2) is 48.7 Å². The summed E-state index contributed by atoms with van der Waals surface area (Å²) in [5.41, 5.74) is 0. The zero-order valence-corrected chi connectivity index (χ0v) is 8.45. The number of piperidine rings is 1. The summed E-state index contributed by atoms with van der Waals surface area (Å²) in [7, 11) is 0. The smallest absolute Gasteiger partial charge is 0.320 e. The van der Waals surface area contributed by atoms with Gasteiger partial charge in [-0.15, -0.1) is 0 Å². The lowest BCUT2D eigenvalue weighted by Crippen LogP contribution is -2.48. The number of amides is 2. The number of carbonyl (C=O) groups is 1. The fourth-order valence-corrected chi connectivity index (χ4v) is 1.87. The number of likely N-dealkylation sites (tertiary alicyclic amines) is 1. The normalized spacial score (nSPS) is 23.7. The van der Waals surface area contributed by atoms with E-state index in [9.17, 15) is 4.79 Å². The molecule has 0 spiro atoms. The Hall–Kier alpha value is -0.770. The number of ether oxygens (including phenoxy) is 1. The summed E-state index contributed by atoms with van der Waals surface area (Å²) < 4.78 is 5.21. The molecule has 2 heterocycles. The Morgan fingerprint density at radius 3 is 2.57 bits per heavy atom. The molecule has 0 aromatic carbocycles. The second kappa shape index (κ2) is 4.64. The molecule has 4 heteroatoms. The maximum atomic E-state index is 11.9. The fraction of sp³-hybridized carbons (Fsp3) is 0.800. The monoisotopic (exact) mass is 197 g/mol. The van der Waals surface area contributed by atoms with Crippen molar-refractivity contribution in [3.05, 3.63) is 6.54 Å². The molecule has 79 valence electrons. The zero-order valence-electron chi connectivity index (χ0n) is 8.45. The van der Waals surface area contributed by atoms with Crippen molar-refractivity contribution in [2.45, 2.75) is 19.3 Å². The second-order valence-corrected chi connectivity index (χ2v) is 3.75. The second-order valence-electron chi connectivity index (χ2n) is 3.75. The van der Waals surface area contributed by atoms with Crippen molar-refractivity contribution in [2.24, 2.45) is 0 Å². The van der Waals surface area contributed by atoms with Gasteiger partial charge in [0.25, 0.3) is 0 Å². The van der Waals surface area contributed by atoms with Crippen molar-refractivity contribution in [3.63, 3.8) is 0 Å². The van der Waals surface area contributed by atoms with E-state index in [0.717, 1.165) is 32.5 Å². The first kappa shape index (κ1) is 9.77. The van der Waals surface area contributed by atoms with E-state index in [4.69, 9.17) is 4.74 Å². The van der Waals surface area contributed by atoms with Crippen molar-refractivity contribution in [2.75, 3.05) is 32.8 Å². The van der Waals surface area contributed by atoms with Gasteiger partial charge >= 0.3 is 6.03 Å². The molecule has 2 aliphatic rings. The SMILES string of the molecule is O=C(N1[CH]CCCC1)N1CCOCC1. The van der Waals surface area contributed by atoms with E-state index in [1.807, 2.05) is 16.3 Å². The Kier molecular flexibility index (Phi) is 3.24. The summed E-state index contributed by atoms with van der Waals surface area (Å²) in [6.07, 6.45) is 3.38. The van der Waals surface area contributed by atoms with E-state index in [2.05, 4.69) is 0 Å². The Bertz CT molecular complexity index is 176. The van der Waals surface area contributed by atoms with Crippen LogP contribution in [0.1, 0.15) is 19.3 Å². The van der Waals surface area contributed by atoms with E-state index in [1.165, 1.54) is 6.42 Å². The highest BCUT2D eigenvalue weighted by molar-refractivity contribution is 5.75. The minimum absolute atomic E-state index is 0.160. The van der Waals surface area contributed by atoms with Gasteiger partial charge in [0.05, 0.1) is 19.8 Å². The summed E-state index contributed by atoms with van der Waals surface area (Å²) in [5, 5.41) is 0. The highest BCUT2D eigenvalue weighted by Crippen LogP contribution is 2.15. The van der Waals surface area contributed by atoms with Gasteiger partial charge in [-0.25, -0.2) is 4.79 Å². The van der Waals surface area contributed by atoms with E-state index < -0.39 is 0 Å². The molecule has 2 aliphatic heterocycles. The highest BCUT2D eigenvalue weighted by atomic mass is 16.5. The minimum Gasteiger partial charge on any atom is -0.378 e. The van der Waals surface area contributed by atoms with E-state index in [-0.39, 0.29) is 6.03 Å². The van der Waals surface area contributed by atoms with Crippen LogP contribution in [-0.2, 0) is 4.74 Å². The first-order valence-corrected chi connectivity index (χ1v) is 5.34. The van der Waals surface area contributed by atoms with Gasteiger partial charge in [0.1, 0.15) is 0 Å². The van der Waals surface area contributed by atoms with Crippen LogP contribution in [0.15, 0.2) is 0 Å². The first-order valence-electron chi connectivity index (χ1n) is 5.34. The van der Waals surface area contributed by atoms with Gasteiger partial charge in [-0.05, 0) is 19.3 Å². The van der Waals surface area contributed by atoms with Crippen molar-refractivity contribution >= 4 is 6.03 Å². The molecule has 0 aliphatic carbocycles. The van der Waals surface area contributed by atoms with Crippen LogP contribution < -0.4 is 0 Å². The standard InChI is InChI=1S/C10H17N2O2/c13-10(11-4-2-1-3-5-11)12-6-8-14-9-7-12/h4H,1-3,5-9H2. The lowest BCUT2D eigenvalue weighted by Gasteiger charge is -2.34. The predicted molar refractivity (Wildman–Crippen MR) is 52.6 cm³/mol. The Morgan fingerprint density at radius 1 is 1.14 bits per heavy atom. The summed E-state index contributed by atoms with van der Waals surface area (Å²) in [6.45, 7) is 5.75. The molecule has 0 atom stereocenters. The van der Waals surface area contributed by atoms with Gasteiger partial charge in [0.2, 0.25) is 0 Å². The average Bonchev–Trinajstić information content (AvgIpc) is 2.30. The zero-order chi connectivity index (χ0) is 9.80. The quantitative estimate of drug-likeness (QED) is 0.582. The number of hydrogen-bond donors (Lipinski definition) is 0. The molecule has 0 bridgehead atoms. The number of urea groups is 1. The predicted octanol–water partition coefficient (Wildman–Crippen LogP) is 1.09. The van der Waals surface area contributed by atoms with Crippen LogP contribution in [0, 0.1) is 6.54 Å². The van der Waals surface area contributed by atoms with Crippen LogP contribution >= 0.6 is 0 Å². The molecule has 14 heavy (non-hydrogen) atoms. The maximum absolute atomic E-state index is 11.9. The molecule has 2 rings (SSSR count). The van der Waals surface area contributed by atoms with E-state index >= 15 is 0 Å². The molecule has 0 N–H and O–H groups in total. The van der Waals surface area contributed by atoms with Crippen molar-refractivity contribution in [1.82, 2.24) is 9.80 Å². The third kappa shape index (κ3) is 2.18. The van der Waals surface area contributed by atoms with Gasteiger partial charge in [0, 0.05) is 19.6 Å². The minimum atomic E-state index is 0.160. The molecule has 0 aromatic heterocycles. The number of carbonyl (C=O) groups excluding carboxylic acids is 1. The first-order chi connectivity index (χ1) is 6.88. The molecule has 0 aromatic rings. The fourth-order valence-electron chi connectivity index (χ4n) is 1.87. The molecular weight excluding hydrogens is 180 g/mol. The van der Waals surface area contributed by atoms with E-state index in [1.54, 1.807) is 0 Å². The molecule has 2 amide bonds. The van der Waals surface area contributed by atoms with Crippen LogP contribution in [0.3, 0.4) is 0 Å². The third-order valence-electron chi connectivity index (χ3n) is 2.73. The highest BCUT2D eigenvalue weighted by Gasteiger charge is 2.23. The van der Waals surface area contributed by atoms with Crippen molar-refractivity contribution in [3.8, 4) is 0 Å². The van der Waals surface area contributed by atoms with Crippen LogP contribution in [0.5, 0.6) is 0 Å². The Morgan fingerprint density at radius 2 is 1.93 bits per heavy atom. The van der Waals surface area contributed by atoms with Crippen molar-refractivity contribution in [1.29, 1.82) is 0 Å². The van der Waals surface area contributed by atoms with Crippen LogP contribution in [0.2, 0.25) is 0 Å². The molecule has 1 radical (unpaired) electrons. The summed E-state index contributed by atoms with van der Waals surface area (Å²) in [6, 6.07) is 0.160. The summed E-state index contributed by atoms with van der Waals surface area (Å²) in [5.74, 6) is 0. The van der Waals surface area contributed by atoms with Gasteiger partial charge in [-0.3, -0.25) is 0 Å². The largest absolute Gasteiger partial charge is 0.378 e. The number of nitrogens with zero attached hydrogens (tertiary/aromatic N) is 2. The van der Waals surface area contributed by atoms with E-state index in [0.29, 0.717) is 13.2 Å². The number of hydrogen-bond acceptors (Lipinski definition) is 2. The molecule has 0 saturated carbocycles. The average molecular weight is 197 g/mol. The van der Waals surface area contributed by atoms with Gasteiger partial charge in [-0.2, -0.15) is 0 Å².